The molecule has 1 aliphatic heterocycles. The zero-order valence-corrected chi connectivity index (χ0v) is 10.7. The summed E-state index contributed by atoms with van der Waals surface area (Å²) in [6.07, 6.45) is 4.81. The van der Waals surface area contributed by atoms with Crippen molar-refractivity contribution >= 4 is 11.6 Å². The van der Waals surface area contributed by atoms with Crippen molar-refractivity contribution in [2.75, 3.05) is 11.9 Å². The molecule has 3 rings (SSSR count). The van der Waals surface area contributed by atoms with Gasteiger partial charge in [-0.15, -0.1) is 0 Å². The van der Waals surface area contributed by atoms with E-state index in [1.54, 1.807) is 11.9 Å². The number of carbonyl (C=O) groups excluding carboxylic acids is 1. The first-order chi connectivity index (χ1) is 8.66. The fourth-order valence-electron chi connectivity index (χ4n) is 3.22. The van der Waals surface area contributed by atoms with Gasteiger partial charge in [0.1, 0.15) is 0 Å². The monoisotopic (exact) mass is 245 g/mol. The van der Waals surface area contributed by atoms with Gasteiger partial charge in [-0.2, -0.15) is 0 Å². The summed E-state index contributed by atoms with van der Waals surface area (Å²) in [6.45, 7) is 0. The summed E-state index contributed by atoms with van der Waals surface area (Å²) in [5.74, 6) is 0.537. The molecule has 3 nitrogen and oxygen atoms in total. The predicted molar refractivity (Wildman–Crippen MR) is 70.5 cm³/mol. The second kappa shape index (κ2) is 4.39. The lowest BCUT2D eigenvalue weighted by atomic mass is 9.93. The quantitative estimate of drug-likeness (QED) is 0.869. The largest absolute Gasteiger partial charge is 0.388 e. The minimum absolute atomic E-state index is 0.137. The maximum absolute atomic E-state index is 11.6. The molecule has 0 saturated heterocycles. The molecule has 0 bridgehead atoms. The Morgan fingerprint density at radius 3 is 2.78 bits per heavy atom. The molecule has 1 saturated carbocycles. The molecule has 96 valence electrons. The summed E-state index contributed by atoms with van der Waals surface area (Å²) < 4.78 is 0. The Balaban J connectivity index is 1.87. The van der Waals surface area contributed by atoms with E-state index < -0.39 is 0 Å². The maximum Gasteiger partial charge on any atom is 0.231 e. The summed E-state index contributed by atoms with van der Waals surface area (Å²) in [7, 11) is 1.81. The minimum atomic E-state index is -0.362. The van der Waals surface area contributed by atoms with Crippen LogP contribution in [-0.4, -0.2) is 18.1 Å². The second-order valence-electron chi connectivity index (χ2n) is 5.51. The fourth-order valence-corrected chi connectivity index (χ4v) is 3.22. The van der Waals surface area contributed by atoms with E-state index in [0.29, 0.717) is 12.3 Å². The number of anilines is 1. The van der Waals surface area contributed by atoms with E-state index in [-0.39, 0.29) is 12.0 Å². The Morgan fingerprint density at radius 1 is 1.33 bits per heavy atom. The van der Waals surface area contributed by atoms with Crippen molar-refractivity contribution in [3.63, 3.8) is 0 Å². The van der Waals surface area contributed by atoms with Crippen molar-refractivity contribution < 1.29 is 9.90 Å². The third-order valence-corrected chi connectivity index (χ3v) is 4.37. The topological polar surface area (TPSA) is 40.5 Å². The average molecular weight is 245 g/mol. The summed E-state index contributed by atoms with van der Waals surface area (Å²) in [5, 5.41) is 10.4. The van der Waals surface area contributed by atoms with Crippen LogP contribution in [0, 0.1) is 5.92 Å². The van der Waals surface area contributed by atoms with Gasteiger partial charge < -0.3 is 10.0 Å². The lowest BCUT2D eigenvalue weighted by Crippen LogP contribution is -2.20. The molecule has 18 heavy (non-hydrogen) atoms. The van der Waals surface area contributed by atoms with E-state index in [4.69, 9.17) is 0 Å². The molecule has 0 aromatic heterocycles. The first-order valence-electron chi connectivity index (χ1n) is 6.74. The normalized spacial score (nSPS) is 21.4. The molecule has 1 aromatic rings. The van der Waals surface area contributed by atoms with Gasteiger partial charge in [-0.3, -0.25) is 4.79 Å². The van der Waals surface area contributed by atoms with Gasteiger partial charge in [0.05, 0.1) is 12.5 Å². The van der Waals surface area contributed by atoms with Gasteiger partial charge in [-0.25, -0.2) is 0 Å². The van der Waals surface area contributed by atoms with Crippen LogP contribution in [0.4, 0.5) is 5.69 Å². The molecule has 0 spiro atoms. The molecule has 1 aromatic carbocycles. The first-order valence-corrected chi connectivity index (χ1v) is 6.74. The van der Waals surface area contributed by atoms with Crippen LogP contribution in [0.2, 0.25) is 0 Å². The number of amides is 1. The molecule has 3 heteroatoms. The van der Waals surface area contributed by atoms with Crippen LogP contribution in [-0.2, 0) is 11.2 Å². The molecule has 1 unspecified atom stereocenters. The smallest absolute Gasteiger partial charge is 0.231 e. The highest BCUT2D eigenvalue weighted by Crippen LogP contribution is 2.37. The third kappa shape index (κ3) is 1.83. The van der Waals surface area contributed by atoms with Gasteiger partial charge in [-0.1, -0.05) is 25.0 Å². The van der Waals surface area contributed by atoms with Crippen LogP contribution in [0.1, 0.15) is 42.9 Å². The van der Waals surface area contributed by atoms with E-state index in [0.717, 1.165) is 29.7 Å². The molecule has 1 amide bonds. The Hall–Kier alpha value is -1.35. The number of aliphatic hydroxyl groups is 1. The zero-order chi connectivity index (χ0) is 12.7. The maximum atomic E-state index is 11.6. The molecule has 0 radical (unpaired) electrons. The van der Waals surface area contributed by atoms with Crippen LogP contribution in [0.5, 0.6) is 0 Å². The molecular weight excluding hydrogens is 226 g/mol. The van der Waals surface area contributed by atoms with E-state index in [9.17, 15) is 9.90 Å². The summed E-state index contributed by atoms with van der Waals surface area (Å²) in [4.78, 5) is 13.3. The van der Waals surface area contributed by atoms with Crippen LogP contribution in [0.25, 0.3) is 0 Å². The van der Waals surface area contributed by atoms with Crippen LogP contribution in [0.15, 0.2) is 18.2 Å². The average Bonchev–Trinajstić information content (AvgIpc) is 2.98. The van der Waals surface area contributed by atoms with Crippen LogP contribution >= 0.6 is 0 Å². The molecule has 1 heterocycles. The highest BCUT2D eigenvalue weighted by molar-refractivity contribution is 6.00. The van der Waals surface area contributed by atoms with Crippen LogP contribution in [0.3, 0.4) is 0 Å². The Bertz CT molecular complexity index is 477. The Morgan fingerprint density at radius 2 is 2.06 bits per heavy atom. The number of rotatable bonds is 2. The lowest BCUT2D eigenvalue weighted by molar-refractivity contribution is -0.117. The number of nitrogens with zero attached hydrogens (tertiary/aromatic N) is 1. The minimum Gasteiger partial charge on any atom is -0.388 e. The predicted octanol–water partition coefficient (Wildman–Crippen LogP) is 2.43. The molecule has 2 aliphatic rings. The molecule has 1 fully saturated rings. The number of hydrogen-bond acceptors (Lipinski definition) is 2. The van der Waals surface area contributed by atoms with Crippen molar-refractivity contribution in [2.45, 2.75) is 38.2 Å². The molecule has 1 N–H and O–H groups in total. The Kier molecular flexibility index (Phi) is 2.86. The fraction of sp³-hybridized carbons (Fsp3) is 0.533. The summed E-state index contributed by atoms with van der Waals surface area (Å²) >= 11 is 0. The number of aliphatic hydroxyl groups excluding tert-OH is 1. The van der Waals surface area contributed by atoms with Crippen molar-refractivity contribution in [1.29, 1.82) is 0 Å². The second-order valence-corrected chi connectivity index (χ2v) is 5.51. The SMILES string of the molecule is CN1C(=O)Cc2cc(C(O)C3CCCC3)ccc21. The summed E-state index contributed by atoms with van der Waals surface area (Å²) in [6, 6.07) is 5.95. The summed E-state index contributed by atoms with van der Waals surface area (Å²) in [5.41, 5.74) is 3.02. The highest BCUT2D eigenvalue weighted by Gasteiger charge is 2.28. The van der Waals surface area contributed by atoms with Crippen molar-refractivity contribution in [3.05, 3.63) is 29.3 Å². The standard InChI is InChI=1S/C15H19NO2/c1-16-13-7-6-11(8-12(13)9-14(16)17)15(18)10-4-2-3-5-10/h6-8,10,15,18H,2-5,9H2,1H3. The van der Waals surface area contributed by atoms with Crippen molar-refractivity contribution in [3.8, 4) is 0 Å². The van der Waals surface area contributed by atoms with E-state index in [2.05, 4.69) is 0 Å². The third-order valence-electron chi connectivity index (χ3n) is 4.37. The number of fused-ring (bicyclic) bond motifs is 1. The number of carbonyl (C=O) groups is 1. The van der Waals surface area contributed by atoms with Crippen molar-refractivity contribution in [2.24, 2.45) is 5.92 Å². The number of benzene rings is 1. The lowest BCUT2D eigenvalue weighted by Gasteiger charge is -2.19. The van der Waals surface area contributed by atoms with E-state index in [1.807, 2.05) is 18.2 Å². The molecule has 1 aliphatic carbocycles. The van der Waals surface area contributed by atoms with Gasteiger partial charge in [0, 0.05) is 12.7 Å². The Labute approximate surface area is 107 Å². The van der Waals surface area contributed by atoms with Gasteiger partial charge in [0.2, 0.25) is 5.91 Å². The number of likely N-dealkylation sites (N-methyl/N-ethyl adjacent to an activating group) is 1. The van der Waals surface area contributed by atoms with Gasteiger partial charge >= 0.3 is 0 Å². The van der Waals surface area contributed by atoms with Gasteiger partial charge in [0.25, 0.3) is 0 Å². The highest BCUT2D eigenvalue weighted by atomic mass is 16.3. The molecule has 1 atom stereocenters. The van der Waals surface area contributed by atoms with Gasteiger partial charge in [-0.05, 0) is 36.0 Å². The number of hydrogen-bond donors (Lipinski definition) is 1. The van der Waals surface area contributed by atoms with E-state index in [1.165, 1.54) is 12.8 Å². The first kappa shape index (κ1) is 11.7. The molecular formula is C15H19NO2. The van der Waals surface area contributed by atoms with Gasteiger partial charge in [0.15, 0.2) is 0 Å². The van der Waals surface area contributed by atoms with Crippen molar-refractivity contribution in [1.82, 2.24) is 0 Å². The van der Waals surface area contributed by atoms with E-state index >= 15 is 0 Å². The zero-order valence-electron chi connectivity index (χ0n) is 10.7. The van der Waals surface area contributed by atoms with Crippen LogP contribution < -0.4 is 4.90 Å².